The van der Waals surface area contributed by atoms with Crippen LogP contribution in [0.5, 0.6) is 0 Å². The highest BCUT2D eigenvalue weighted by Crippen LogP contribution is 2.23. The van der Waals surface area contributed by atoms with Crippen molar-refractivity contribution in [2.24, 2.45) is 5.92 Å². The minimum absolute atomic E-state index is 0.357. The van der Waals surface area contributed by atoms with Crippen LogP contribution in [0, 0.1) is 5.92 Å². The fourth-order valence-electron chi connectivity index (χ4n) is 2.08. The number of hydrogen-bond donors (Lipinski definition) is 2. The second kappa shape index (κ2) is 7.20. The van der Waals surface area contributed by atoms with E-state index < -0.39 is 0 Å². The Morgan fingerprint density at radius 2 is 2.00 bits per heavy atom. The van der Waals surface area contributed by atoms with Gasteiger partial charge in [-0.15, -0.1) is 0 Å². The molecule has 1 unspecified atom stereocenters. The second-order valence-electron chi connectivity index (χ2n) is 4.68. The van der Waals surface area contributed by atoms with E-state index in [4.69, 9.17) is 4.74 Å². The Morgan fingerprint density at radius 3 is 2.60 bits per heavy atom. The number of aliphatic hydroxyl groups excluding tert-OH is 1. The zero-order valence-electron chi connectivity index (χ0n) is 10.0. The average Bonchev–Trinajstić information content (AvgIpc) is 2.25. The minimum Gasteiger partial charge on any atom is -0.389 e. The monoisotopic (exact) mass is 215 g/mol. The highest BCUT2D eigenvalue weighted by Gasteiger charge is 2.18. The lowest BCUT2D eigenvalue weighted by Gasteiger charge is -2.27. The van der Waals surface area contributed by atoms with Crippen LogP contribution in [0.1, 0.15) is 39.5 Å². The van der Waals surface area contributed by atoms with E-state index in [1.807, 2.05) is 6.92 Å². The Kier molecular flexibility index (Phi) is 6.22. The van der Waals surface area contributed by atoms with E-state index in [1.54, 1.807) is 0 Å². The number of hydrogen-bond acceptors (Lipinski definition) is 3. The summed E-state index contributed by atoms with van der Waals surface area (Å²) in [7, 11) is 0. The molecule has 1 fully saturated rings. The van der Waals surface area contributed by atoms with Crippen molar-refractivity contribution in [1.29, 1.82) is 0 Å². The molecule has 0 heterocycles. The summed E-state index contributed by atoms with van der Waals surface area (Å²) in [6, 6.07) is 0.609. The quantitative estimate of drug-likeness (QED) is 0.706. The predicted molar refractivity (Wildman–Crippen MR) is 61.9 cm³/mol. The van der Waals surface area contributed by atoms with Gasteiger partial charge >= 0.3 is 0 Å². The van der Waals surface area contributed by atoms with Crippen molar-refractivity contribution in [1.82, 2.24) is 5.32 Å². The highest BCUT2D eigenvalue weighted by atomic mass is 16.5. The van der Waals surface area contributed by atoms with Gasteiger partial charge in [0, 0.05) is 19.2 Å². The van der Waals surface area contributed by atoms with Gasteiger partial charge in [-0.1, -0.05) is 6.92 Å². The lowest BCUT2D eigenvalue weighted by molar-refractivity contribution is 0.0404. The van der Waals surface area contributed by atoms with Crippen molar-refractivity contribution < 1.29 is 9.84 Å². The van der Waals surface area contributed by atoms with Crippen LogP contribution in [0.25, 0.3) is 0 Å². The maximum atomic E-state index is 9.58. The van der Waals surface area contributed by atoms with Crippen molar-refractivity contribution in [3.63, 3.8) is 0 Å². The summed E-state index contributed by atoms with van der Waals surface area (Å²) >= 11 is 0. The molecule has 0 radical (unpaired) electrons. The largest absolute Gasteiger partial charge is 0.389 e. The molecule has 0 aromatic heterocycles. The van der Waals surface area contributed by atoms with Gasteiger partial charge in [0.15, 0.2) is 0 Å². The normalized spacial score (nSPS) is 29.0. The highest BCUT2D eigenvalue weighted by molar-refractivity contribution is 4.76. The molecule has 1 rings (SSSR count). The van der Waals surface area contributed by atoms with Crippen LogP contribution < -0.4 is 5.32 Å². The zero-order valence-corrected chi connectivity index (χ0v) is 10.0. The Bertz CT molecular complexity index is 156. The molecule has 0 saturated heterocycles. The molecule has 2 N–H and O–H groups in total. The summed E-state index contributed by atoms with van der Waals surface area (Å²) in [5.74, 6) is 0.886. The molecule has 1 atom stereocenters. The van der Waals surface area contributed by atoms with Crippen molar-refractivity contribution in [2.75, 3.05) is 19.8 Å². The molecule has 0 spiro atoms. The molecule has 3 nitrogen and oxygen atoms in total. The van der Waals surface area contributed by atoms with Crippen LogP contribution >= 0.6 is 0 Å². The van der Waals surface area contributed by atoms with Crippen LogP contribution in [0.4, 0.5) is 0 Å². The van der Waals surface area contributed by atoms with Gasteiger partial charge in [-0.3, -0.25) is 0 Å². The van der Waals surface area contributed by atoms with Crippen LogP contribution in [-0.4, -0.2) is 37.0 Å². The van der Waals surface area contributed by atoms with Crippen molar-refractivity contribution in [2.45, 2.75) is 51.7 Å². The second-order valence-corrected chi connectivity index (χ2v) is 4.68. The number of aliphatic hydroxyl groups is 1. The molecule has 0 aliphatic heterocycles. The molecular weight excluding hydrogens is 190 g/mol. The maximum Gasteiger partial charge on any atom is 0.0897 e. The van der Waals surface area contributed by atoms with Gasteiger partial charge in [0.25, 0.3) is 0 Å². The molecule has 1 aliphatic carbocycles. The lowest BCUT2D eigenvalue weighted by atomic mass is 9.87. The summed E-state index contributed by atoms with van der Waals surface area (Å²) in [6.45, 7) is 6.06. The zero-order chi connectivity index (χ0) is 11.1. The van der Waals surface area contributed by atoms with E-state index in [2.05, 4.69) is 12.2 Å². The number of nitrogens with one attached hydrogen (secondary N) is 1. The van der Waals surface area contributed by atoms with Gasteiger partial charge in [-0.25, -0.2) is 0 Å². The first-order valence-electron chi connectivity index (χ1n) is 6.21. The van der Waals surface area contributed by atoms with Crippen LogP contribution in [0.2, 0.25) is 0 Å². The predicted octanol–water partition coefficient (Wildman–Crippen LogP) is 1.55. The molecule has 0 aromatic carbocycles. The lowest BCUT2D eigenvalue weighted by Crippen LogP contribution is -2.39. The van der Waals surface area contributed by atoms with Gasteiger partial charge in [0.2, 0.25) is 0 Å². The Balaban J connectivity index is 2.04. The van der Waals surface area contributed by atoms with E-state index in [0.29, 0.717) is 25.8 Å². The Morgan fingerprint density at radius 1 is 1.33 bits per heavy atom. The standard InChI is InChI=1S/C12H25NO2/c1-3-15-9-12(14)8-13-11-6-4-10(2)5-7-11/h10-14H,3-9H2,1-2H3. The molecule has 15 heavy (non-hydrogen) atoms. The van der Waals surface area contributed by atoms with E-state index >= 15 is 0 Å². The third-order valence-electron chi connectivity index (χ3n) is 3.17. The SMILES string of the molecule is CCOCC(O)CNC1CCC(C)CC1. The number of rotatable bonds is 6. The topological polar surface area (TPSA) is 41.5 Å². The van der Waals surface area contributed by atoms with Gasteiger partial charge in [0.05, 0.1) is 12.7 Å². The van der Waals surface area contributed by atoms with E-state index in [0.717, 1.165) is 5.92 Å². The fraction of sp³-hybridized carbons (Fsp3) is 1.00. The molecule has 90 valence electrons. The Hall–Kier alpha value is -0.120. The fourth-order valence-corrected chi connectivity index (χ4v) is 2.08. The van der Waals surface area contributed by atoms with E-state index in [-0.39, 0.29) is 6.10 Å². The third kappa shape index (κ3) is 5.50. The molecular formula is C12H25NO2. The van der Waals surface area contributed by atoms with Gasteiger partial charge in [-0.2, -0.15) is 0 Å². The number of ether oxygens (including phenoxy) is 1. The van der Waals surface area contributed by atoms with Crippen LogP contribution in [0.15, 0.2) is 0 Å². The minimum atomic E-state index is -0.357. The maximum absolute atomic E-state index is 9.58. The molecule has 0 amide bonds. The molecule has 1 saturated carbocycles. The Labute approximate surface area is 93.2 Å². The third-order valence-corrected chi connectivity index (χ3v) is 3.17. The summed E-state index contributed by atoms with van der Waals surface area (Å²) < 4.78 is 5.16. The molecule has 3 heteroatoms. The van der Waals surface area contributed by atoms with Crippen LogP contribution in [-0.2, 0) is 4.74 Å². The van der Waals surface area contributed by atoms with Crippen molar-refractivity contribution >= 4 is 0 Å². The average molecular weight is 215 g/mol. The first-order valence-corrected chi connectivity index (χ1v) is 6.21. The van der Waals surface area contributed by atoms with Crippen molar-refractivity contribution in [3.05, 3.63) is 0 Å². The van der Waals surface area contributed by atoms with Crippen molar-refractivity contribution in [3.8, 4) is 0 Å². The van der Waals surface area contributed by atoms with E-state index in [1.165, 1.54) is 25.7 Å². The molecule has 1 aliphatic rings. The summed E-state index contributed by atoms with van der Waals surface area (Å²) in [6.07, 6.45) is 4.79. The first kappa shape index (κ1) is 12.9. The van der Waals surface area contributed by atoms with Gasteiger partial charge in [0.1, 0.15) is 0 Å². The van der Waals surface area contributed by atoms with Gasteiger partial charge in [-0.05, 0) is 38.5 Å². The van der Waals surface area contributed by atoms with Crippen LogP contribution in [0.3, 0.4) is 0 Å². The van der Waals surface area contributed by atoms with E-state index in [9.17, 15) is 5.11 Å². The smallest absolute Gasteiger partial charge is 0.0897 e. The first-order chi connectivity index (χ1) is 7.22. The summed E-state index contributed by atoms with van der Waals surface area (Å²) in [5.41, 5.74) is 0. The molecule has 0 aromatic rings. The molecule has 0 bridgehead atoms. The summed E-state index contributed by atoms with van der Waals surface area (Å²) in [4.78, 5) is 0. The van der Waals surface area contributed by atoms with Gasteiger partial charge < -0.3 is 15.2 Å². The summed E-state index contributed by atoms with van der Waals surface area (Å²) in [5, 5.41) is 13.0.